The van der Waals surface area contributed by atoms with Gasteiger partial charge in [-0.15, -0.1) is 0 Å². The monoisotopic (exact) mass is 296 g/mol. The molecule has 3 aromatic rings. The Morgan fingerprint density at radius 2 is 1.86 bits per heavy atom. The minimum Gasteiger partial charge on any atom is -0.310 e. The van der Waals surface area contributed by atoms with E-state index < -0.39 is 0 Å². The number of hydrogen-bond acceptors (Lipinski definition) is 3. The predicted molar refractivity (Wildman–Crippen MR) is 87.3 cm³/mol. The van der Waals surface area contributed by atoms with Gasteiger partial charge in [0, 0.05) is 12.6 Å². The van der Waals surface area contributed by atoms with Gasteiger partial charge >= 0.3 is 0 Å². The highest BCUT2D eigenvalue weighted by molar-refractivity contribution is 7.14. The van der Waals surface area contributed by atoms with Crippen LogP contribution in [0.15, 0.2) is 53.3 Å². The van der Waals surface area contributed by atoms with Crippen LogP contribution in [-0.2, 0) is 6.54 Å². The van der Waals surface area contributed by atoms with E-state index in [9.17, 15) is 4.79 Å². The summed E-state index contributed by atoms with van der Waals surface area (Å²) in [6.45, 7) is 0.909. The molecule has 0 saturated heterocycles. The topological polar surface area (TPSA) is 34.0 Å². The van der Waals surface area contributed by atoms with E-state index >= 15 is 0 Å². The lowest BCUT2D eigenvalue weighted by Gasteiger charge is -2.05. The van der Waals surface area contributed by atoms with Gasteiger partial charge in [0.2, 0.25) is 0 Å². The van der Waals surface area contributed by atoms with Crippen molar-refractivity contribution in [3.05, 3.63) is 64.4 Å². The molecule has 4 rings (SSSR count). The van der Waals surface area contributed by atoms with Crippen LogP contribution in [0, 0.1) is 0 Å². The van der Waals surface area contributed by atoms with Crippen molar-refractivity contribution >= 4 is 21.6 Å². The number of fused-ring (bicyclic) bond motifs is 1. The molecule has 1 aliphatic carbocycles. The quantitative estimate of drug-likeness (QED) is 0.801. The molecule has 1 saturated carbocycles. The molecule has 2 aromatic carbocycles. The van der Waals surface area contributed by atoms with Gasteiger partial charge in [-0.1, -0.05) is 35.8 Å². The molecule has 0 aliphatic heterocycles. The Balaban J connectivity index is 1.64. The zero-order chi connectivity index (χ0) is 14.2. The summed E-state index contributed by atoms with van der Waals surface area (Å²) in [5.74, 6) is 0. The van der Waals surface area contributed by atoms with Gasteiger partial charge in [-0.25, -0.2) is 3.96 Å². The number of hydrogen-bond donors (Lipinski definition) is 1. The molecule has 106 valence electrons. The SMILES string of the molecule is O=c1c2ccccc2sn1-c1ccc(CNC2CC2)cc1. The van der Waals surface area contributed by atoms with Gasteiger partial charge in [0.25, 0.3) is 5.56 Å². The van der Waals surface area contributed by atoms with Crippen molar-refractivity contribution in [2.45, 2.75) is 25.4 Å². The normalized spacial score (nSPS) is 14.7. The second-order valence-corrected chi connectivity index (χ2v) is 6.50. The summed E-state index contributed by atoms with van der Waals surface area (Å²) in [6, 6.07) is 16.7. The second-order valence-electron chi connectivity index (χ2n) is 5.51. The van der Waals surface area contributed by atoms with Crippen molar-refractivity contribution < 1.29 is 0 Å². The lowest BCUT2D eigenvalue weighted by molar-refractivity contribution is 0.688. The molecule has 0 atom stereocenters. The van der Waals surface area contributed by atoms with Crippen LogP contribution in [0.2, 0.25) is 0 Å². The number of rotatable bonds is 4. The molecule has 1 fully saturated rings. The zero-order valence-corrected chi connectivity index (χ0v) is 12.4. The molecular formula is C17H16N2OS. The largest absolute Gasteiger partial charge is 0.310 e. The van der Waals surface area contributed by atoms with Gasteiger partial charge in [-0.3, -0.25) is 4.79 Å². The summed E-state index contributed by atoms with van der Waals surface area (Å²) < 4.78 is 2.80. The van der Waals surface area contributed by atoms with Crippen LogP contribution in [0.4, 0.5) is 0 Å². The number of nitrogens with zero attached hydrogens (tertiary/aromatic N) is 1. The fourth-order valence-electron chi connectivity index (χ4n) is 2.44. The summed E-state index contributed by atoms with van der Waals surface area (Å²) in [7, 11) is 0. The summed E-state index contributed by atoms with van der Waals surface area (Å²) in [5, 5.41) is 4.29. The fraction of sp³-hybridized carbons (Fsp3) is 0.235. The first-order valence-electron chi connectivity index (χ1n) is 7.25. The van der Waals surface area contributed by atoms with Crippen LogP contribution in [-0.4, -0.2) is 10.00 Å². The Morgan fingerprint density at radius 1 is 1.10 bits per heavy atom. The summed E-state index contributed by atoms with van der Waals surface area (Å²) >= 11 is 1.50. The maximum atomic E-state index is 12.4. The van der Waals surface area contributed by atoms with Crippen LogP contribution in [0.25, 0.3) is 15.8 Å². The van der Waals surface area contributed by atoms with Gasteiger partial charge in [0.05, 0.1) is 15.8 Å². The van der Waals surface area contributed by atoms with Crippen LogP contribution >= 0.6 is 11.5 Å². The second kappa shape index (κ2) is 5.13. The highest BCUT2D eigenvalue weighted by Crippen LogP contribution is 2.21. The van der Waals surface area contributed by atoms with Crippen LogP contribution in [0.3, 0.4) is 0 Å². The molecule has 3 nitrogen and oxygen atoms in total. The van der Waals surface area contributed by atoms with Crippen molar-refractivity contribution in [1.82, 2.24) is 9.27 Å². The van der Waals surface area contributed by atoms with Gasteiger partial charge < -0.3 is 5.32 Å². The highest BCUT2D eigenvalue weighted by Gasteiger charge is 2.19. The van der Waals surface area contributed by atoms with Crippen LogP contribution < -0.4 is 10.9 Å². The first-order valence-corrected chi connectivity index (χ1v) is 8.02. The minimum atomic E-state index is 0.0689. The lowest BCUT2D eigenvalue weighted by Crippen LogP contribution is -2.15. The van der Waals surface area contributed by atoms with Crippen LogP contribution in [0.5, 0.6) is 0 Å². The van der Waals surface area contributed by atoms with Gasteiger partial charge in [-0.05, 0) is 42.7 Å². The summed E-state index contributed by atoms with van der Waals surface area (Å²) in [4.78, 5) is 12.4. The summed E-state index contributed by atoms with van der Waals surface area (Å²) in [6.07, 6.45) is 2.60. The molecular weight excluding hydrogens is 280 g/mol. The highest BCUT2D eigenvalue weighted by atomic mass is 32.1. The smallest absolute Gasteiger partial charge is 0.273 e. The molecule has 1 N–H and O–H groups in total. The Bertz CT molecular complexity index is 828. The van der Waals surface area contributed by atoms with Crippen LogP contribution in [0.1, 0.15) is 18.4 Å². The van der Waals surface area contributed by atoms with E-state index in [-0.39, 0.29) is 5.56 Å². The number of benzene rings is 2. The van der Waals surface area contributed by atoms with E-state index in [0.717, 1.165) is 28.4 Å². The maximum Gasteiger partial charge on any atom is 0.273 e. The summed E-state index contributed by atoms with van der Waals surface area (Å²) in [5.41, 5.74) is 2.27. The van der Waals surface area contributed by atoms with E-state index in [2.05, 4.69) is 17.4 Å². The molecule has 0 radical (unpaired) electrons. The first kappa shape index (κ1) is 12.8. The van der Waals surface area contributed by atoms with Gasteiger partial charge in [0.15, 0.2) is 0 Å². The van der Waals surface area contributed by atoms with Crippen molar-refractivity contribution in [3.63, 3.8) is 0 Å². The molecule has 0 bridgehead atoms. The average molecular weight is 296 g/mol. The minimum absolute atomic E-state index is 0.0689. The molecule has 1 heterocycles. The Labute approximate surface area is 127 Å². The fourth-order valence-corrected chi connectivity index (χ4v) is 3.44. The molecule has 1 aromatic heterocycles. The van der Waals surface area contributed by atoms with Gasteiger partial charge in [-0.2, -0.15) is 0 Å². The standard InChI is InChI=1S/C17H16N2OS/c20-17-15-3-1-2-4-16(15)21-19(17)14-9-5-12(6-10-14)11-18-13-7-8-13/h1-6,9-10,13,18H,7-8,11H2. The van der Waals surface area contributed by atoms with E-state index in [4.69, 9.17) is 0 Å². The lowest BCUT2D eigenvalue weighted by atomic mass is 10.2. The van der Waals surface area contributed by atoms with E-state index in [1.54, 1.807) is 3.96 Å². The van der Waals surface area contributed by atoms with Gasteiger partial charge in [0.1, 0.15) is 0 Å². The number of aromatic nitrogens is 1. The van der Waals surface area contributed by atoms with Crippen molar-refractivity contribution in [2.75, 3.05) is 0 Å². The predicted octanol–water partition coefficient (Wildman–Crippen LogP) is 3.30. The molecule has 0 amide bonds. The Kier molecular flexibility index (Phi) is 3.13. The molecule has 0 spiro atoms. The molecule has 4 heteroatoms. The number of nitrogens with one attached hydrogen (secondary N) is 1. The third kappa shape index (κ3) is 2.52. The third-order valence-electron chi connectivity index (χ3n) is 3.83. The Morgan fingerprint density at radius 3 is 2.57 bits per heavy atom. The average Bonchev–Trinajstić information content (AvgIpc) is 3.30. The Hall–Kier alpha value is -1.91. The molecule has 0 unspecified atom stereocenters. The molecule has 21 heavy (non-hydrogen) atoms. The maximum absolute atomic E-state index is 12.4. The van der Waals surface area contributed by atoms with Crippen molar-refractivity contribution in [1.29, 1.82) is 0 Å². The van der Waals surface area contributed by atoms with Crippen molar-refractivity contribution in [2.24, 2.45) is 0 Å². The van der Waals surface area contributed by atoms with E-state index in [1.807, 2.05) is 36.4 Å². The third-order valence-corrected chi connectivity index (χ3v) is 4.95. The van der Waals surface area contributed by atoms with E-state index in [1.165, 1.54) is 29.9 Å². The van der Waals surface area contributed by atoms with Crippen molar-refractivity contribution in [3.8, 4) is 5.69 Å². The molecule has 1 aliphatic rings. The first-order chi connectivity index (χ1) is 10.3. The van der Waals surface area contributed by atoms with E-state index in [0.29, 0.717) is 0 Å². The zero-order valence-electron chi connectivity index (χ0n) is 11.6.